The number of fused-ring (bicyclic) bond motifs is 1. The van der Waals surface area contributed by atoms with Crippen LogP contribution in [0.3, 0.4) is 0 Å². The Labute approximate surface area is 219 Å². The van der Waals surface area contributed by atoms with E-state index >= 15 is 0 Å². The molecule has 194 valence electrons. The van der Waals surface area contributed by atoms with E-state index < -0.39 is 0 Å². The summed E-state index contributed by atoms with van der Waals surface area (Å²) in [6, 6.07) is 24.1. The van der Waals surface area contributed by atoms with Gasteiger partial charge in [0.1, 0.15) is 17.3 Å². The molecule has 0 fully saturated rings. The highest BCUT2D eigenvalue weighted by Crippen LogP contribution is 2.19. The van der Waals surface area contributed by atoms with Crippen LogP contribution in [-0.2, 0) is 24.2 Å². The maximum atomic E-state index is 12.2. The van der Waals surface area contributed by atoms with Gasteiger partial charge in [-0.05, 0) is 68.1 Å². The van der Waals surface area contributed by atoms with E-state index in [4.69, 9.17) is 14.5 Å². The molecule has 0 bridgehead atoms. The molecule has 0 spiro atoms. The summed E-state index contributed by atoms with van der Waals surface area (Å²) < 4.78 is 13.4. The summed E-state index contributed by atoms with van der Waals surface area (Å²) in [6.45, 7) is 4.33. The molecule has 0 saturated carbocycles. The smallest absolute Gasteiger partial charge is 0.224 e. The number of para-hydroxylation sites is 2. The molecule has 1 N–H and O–H groups in total. The lowest BCUT2D eigenvalue weighted by Gasteiger charge is -2.11. The lowest BCUT2D eigenvalue weighted by Crippen LogP contribution is -2.26. The maximum Gasteiger partial charge on any atom is 0.224 e. The Balaban J connectivity index is 1.19. The number of nitrogens with one attached hydrogen (secondary N) is 1. The van der Waals surface area contributed by atoms with Gasteiger partial charge in [0.15, 0.2) is 0 Å². The van der Waals surface area contributed by atoms with E-state index in [-0.39, 0.29) is 5.91 Å². The topological polar surface area (TPSA) is 65.4 Å². The van der Waals surface area contributed by atoms with Gasteiger partial charge in [0.2, 0.25) is 5.91 Å². The molecule has 0 aliphatic rings. The van der Waals surface area contributed by atoms with Crippen molar-refractivity contribution in [3.63, 3.8) is 0 Å². The standard InChI is InChI=1S/C31H37N3O3/c1-24-12-16-27(17-13-24)37-22-8-21-34-29-10-6-5-9-28(29)33-30(34)11-4-3-7-20-32-31(35)23-25-14-18-26(36-2)19-15-25/h5-6,9-10,12-19H,3-4,7-8,11,20-23H2,1-2H3,(H,32,35). The zero-order valence-corrected chi connectivity index (χ0v) is 21.9. The number of unbranched alkanes of at least 4 members (excludes halogenated alkanes) is 2. The molecule has 0 atom stereocenters. The van der Waals surface area contributed by atoms with Gasteiger partial charge in [-0.1, -0.05) is 48.4 Å². The highest BCUT2D eigenvalue weighted by molar-refractivity contribution is 5.78. The molecular formula is C31H37N3O3. The molecule has 0 unspecified atom stereocenters. The first kappa shape index (κ1) is 26.3. The molecule has 0 radical (unpaired) electrons. The Bertz CT molecular complexity index is 1260. The lowest BCUT2D eigenvalue weighted by molar-refractivity contribution is -0.120. The number of imidazole rings is 1. The van der Waals surface area contributed by atoms with E-state index in [1.54, 1.807) is 7.11 Å². The van der Waals surface area contributed by atoms with E-state index in [1.165, 1.54) is 11.1 Å². The van der Waals surface area contributed by atoms with Crippen molar-refractivity contribution in [2.45, 2.75) is 52.0 Å². The number of hydrogen-bond donors (Lipinski definition) is 1. The van der Waals surface area contributed by atoms with Crippen molar-refractivity contribution in [3.05, 3.63) is 89.7 Å². The minimum Gasteiger partial charge on any atom is -0.497 e. The summed E-state index contributed by atoms with van der Waals surface area (Å²) in [5, 5.41) is 3.04. The third kappa shape index (κ3) is 7.84. The summed E-state index contributed by atoms with van der Waals surface area (Å²) in [5.74, 6) is 2.89. The minimum atomic E-state index is 0.0554. The molecule has 1 aromatic heterocycles. The number of ether oxygens (including phenoxy) is 2. The lowest BCUT2D eigenvalue weighted by atomic mass is 10.1. The average molecular weight is 500 g/mol. The molecule has 0 aliphatic heterocycles. The van der Waals surface area contributed by atoms with Crippen molar-refractivity contribution >= 4 is 16.9 Å². The summed E-state index contributed by atoms with van der Waals surface area (Å²) in [6.07, 6.45) is 5.27. The summed E-state index contributed by atoms with van der Waals surface area (Å²) in [7, 11) is 1.64. The molecule has 1 heterocycles. The zero-order chi connectivity index (χ0) is 25.9. The van der Waals surface area contributed by atoms with Crippen LogP contribution in [0, 0.1) is 6.92 Å². The predicted molar refractivity (Wildman–Crippen MR) is 148 cm³/mol. The van der Waals surface area contributed by atoms with Crippen LogP contribution in [0.2, 0.25) is 0 Å². The number of carbonyl (C=O) groups is 1. The molecular weight excluding hydrogens is 462 g/mol. The van der Waals surface area contributed by atoms with Crippen LogP contribution in [0.25, 0.3) is 11.0 Å². The monoisotopic (exact) mass is 499 g/mol. The molecule has 0 aliphatic carbocycles. The number of hydrogen-bond acceptors (Lipinski definition) is 4. The normalized spacial score (nSPS) is 11.0. The Kier molecular flexibility index (Phi) is 9.58. The molecule has 4 rings (SSSR count). The van der Waals surface area contributed by atoms with Crippen molar-refractivity contribution in [2.24, 2.45) is 0 Å². The number of carbonyl (C=O) groups excluding carboxylic acids is 1. The Hall–Kier alpha value is -3.80. The fourth-order valence-electron chi connectivity index (χ4n) is 4.42. The van der Waals surface area contributed by atoms with E-state index in [0.717, 1.165) is 67.1 Å². The van der Waals surface area contributed by atoms with Crippen molar-refractivity contribution in [1.29, 1.82) is 0 Å². The second kappa shape index (κ2) is 13.5. The summed E-state index contributed by atoms with van der Waals surface area (Å²) in [5.41, 5.74) is 4.45. The van der Waals surface area contributed by atoms with Crippen molar-refractivity contribution in [2.75, 3.05) is 20.3 Å². The van der Waals surface area contributed by atoms with Gasteiger partial charge in [-0.2, -0.15) is 0 Å². The first-order chi connectivity index (χ1) is 18.1. The van der Waals surface area contributed by atoms with E-state index in [2.05, 4.69) is 47.1 Å². The molecule has 0 saturated heterocycles. The van der Waals surface area contributed by atoms with Crippen LogP contribution in [0.5, 0.6) is 11.5 Å². The predicted octanol–water partition coefficient (Wildman–Crippen LogP) is 5.89. The first-order valence-electron chi connectivity index (χ1n) is 13.2. The van der Waals surface area contributed by atoms with E-state index in [1.807, 2.05) is 42.5 Å². The number of amides is 1. The molecule has 3 aromatic carbocycles. The van der Waals surface area contributed by atoms with E-state index in [9.17, 15) is 4.79 Å². The van der Waals surface area contributed by atoms with Gasteiger partial charge in [-0.3, -0.25) is 4.79 Å². The number of nitrogens with zero attached hydrogens (tertiary/aromatic N) is 2. The highest BCUT2D eigenvalue weighted by atomic mass is 16.5. The van der Waals surface area contributed by atoms with Crippen molar-refractivity contribution < 1.29 is 14.3 Å². The number of benzene rings is 3. The van der Waals surface area contributed by atoms with Crippen LogP contribution >= 0.6 is 0 Å². The first-order valence-corrected chi connectivity index (χ1v) is 13.2. The summed E-state index contributed by atoms with van der Waals surface area (Å²) in [4.78, 5) is 17.1. The van der Waals surface area contributed by atoms with Crippen LogP contribution in [0.4, 0.5) is 0 Å². The molecule has 6 nitrogen and oxygen atoms in total. The van der Waals surface area contributed by atoms with Gasteiger partial charge in [0.05, 0.1) is 31.2 Å². The van der Waals surface area contributed by atoms with Gasteiger partial charge in [0.25, 0.3) is 0 Å². The second-order valence-electron chi connectivity index (χ2n) is 9.37. The fraction of sp³-hybridized carbons (Fsp3) is 0.355. The van der Waals surface area contributed by atoms with Gasteiger partial charge in [0, 0.05) is 19.5 Å². The van der Waals surface area contributed by atoms with Gasteiger partial charge < -0.3 is 19.4 Å². The highest BCUT2D eigenvalue weighted by Gasteiger charge is 2.10. The van der Waals surface area contributed by atoms with Crippen LogP contribution in [-0.4, -0.2) is 35.7 Å². The Morgan fingerprint density at radius 2 is 1.65 bits per heavy atom. The zero-order valence-electron chi connectivity index (χ0n) is 21.9. The van der Waals surface area contributed by atoms with Crippen molar-refractivity contribution in [3.8, 4) is 11.5 Å². The number of rotatable bonds is 14. The van der Waals surface area contributed by atoms with Crippen LogP contribution in [0.1, 0.15) is 42.6 Å². The van der Waals surface area contributed by atoms with E-state index in [0.29, 0.717) is 19.6 Å². The number of methoxy groups -OCH3 is 1. The van der Waals surface area contributed by atoms with Crippen LogP contribution < -0.4 is 14.8 Å². The largest absolute Gasteiger partial charge is 0.497 e. The third-order valence-corrected chi connectivity index (χ3v) is 6.47. The quantitative estimate of drug-likeness (QED) is 0.220. The average Bonchev–Trinajstić information content (AvgIpc) is 3.27. The fourth-order valence-corrected chi connectivity index (χ4v) is 4.42. The molecule has 37 heavy (non-hydrogen) atoms. The van der Waals surface area contributed by atoms with Gasteiger partial charge in [-0.25, -0.2) is 4.98 Å². The Morgan fingerprint density at radius 3 is 2.43 bits per heavy atom. The van der Waals surface area contributed by atoms with Gasteiger partial charge in [-0.15, -0.1) is 0 Å². The number of aryl methyl sites for hydroxylation is 3. The second-order valence-corrected chi connectivity index (χ2v) is 9.37. The molecule has 4 aromatic rings. The Morgan fingerprint density at radius 1 is 0.892 bits per heavy atom. The SMILES string of the molecule is COc1ccc(CC(=O)NCCCCCc2nc3ccccc3n2CCCOc2ccc(C)cc2)cc1. The molecule has 6 heteroatoms. The summed E-state index contributed by atoms with van der Waals surface area (Å²) >= 11 is 0. The van der Waals surface area contributed by atoms with Gasteiger partial charge >= 0.3 is 0 Å². The number of aromatic nitrogens is 2. The van der Waals surface area contributed by atoms with Crippen molar-refractivity contribution in [1.82, 2.24) is 14.9 Å². The van der Waals surface area contributed by atoms with Crippen LogP contribution in [0.15, 0.2) is 72.8 Å². The molecule has 1 amide bonds. The maximum absolute atomic E-state index is 12.2. The third-order valence-electron chi connectivity index (χ3n) is 6.47. The minimum absolute atomic E-state index is 0.0554.